The Morgan fingerprint density at radius 2 is 1.53 bits per heavy atom. The average molecular weight is 209 g/mol. The lowest BCUT2D eigenvalue weighted by Gasteiger charge is -2.54. The smallest absolute Gasteiger partial charge is 0.0471 e. The largest absolute Gasteiger partial charge is 0.381 e. The van der Waals surface area contributed by atoms with E-state index >= 15 is 0 Å². The van der Waals surface area contributed by atoms with Gasteiger partial charge in [0.1, 0.15) is 0 Å². The molecule has 2 spiro atoms. The van der Waals surface area contributed by atoms with Crippen LogP contribution in [0.2, 0.25) is 0 Å². The summed E-state index contributed by atoms with van der Waals surface area (Å²) in [6.45, 7) is 4.57. The van der Waals surface area contributed by atoms with Crippen LogP contribution in [-0.4, -0.2) is 26.3 Å². The average Bonchev–Trinajstić information content (AvgIpc) is 2.75. The monoisotopic (exact) mass is 209 g/mol. The quantitative estimate of drug-likeness (QED) is 0.661. The summed E-state index contributed by atoms with van der Waals surface area (Å²) in [5.74, 6) is 0. The predicted molar refractivity (Wildman–Crippen MR) is 60.9 cm³/mol. The summed E-state index contributed by atoms with van der Waals surface area (Å²) in [4.78, 5) is 0. The Bertz CT molecular complexity index is 218. The number of hydrogen-bond acceptors (Lipinski definition) is 2. The Labute approximate surface area is 92.8 Å². The lowest BCUT2D eigenvalue weighted by Crippen LogP contribution is -2.49. The van der Waals surface area contributed by atoms with Crippen LogP contribution in [0.25, 0.3) is 0 Å². The number of nitrogens with one attached hydrogen (secondary N) is 1. The maximum Gasteiger partial charge on any atom is 0.0471 e. The third-order valence-corrected chi connectivity index (χ3v) is 5.38. The minimum atomic E-state index is 0.646. The summed E-state index contributed by atoms with van der Waals surface area (Å²) in [6.07, 6.45) is 9.94. The van der Waals surface area contributed by atoms with Crippen LogP contribution in [-0.2, 0) is 4.74 Å². The molecule has 2 aliphatic heterocycles. The van der Waals surface area contributed by atoms with Gasteiger partial charge >= 0.3 is 0 Å². The summed E-state index contributed by atoms with van der Waals surface area (Å²) in [5, 5.41) is 3.61. The van der Waals surface area contributed by atoms with Crippen molar-refractivity contribution in [3.63, 3.8) is 0 Å². The third-order valence-electron chi connectivity index (χ3n) is 5.38. The fraction of sp³-hybridized carbons (Fsp3) is 1.00. The molecule has 1 unspecified atom stereocenters. The Hall–Kier alpha value is -0.0800. The zero-order chi connectivity index (χ0) is 10.2. The molecular formula is C13H23NO. The summed E-state index contributed by atoms with van der Waals surface area (Å²) in [5.41, 5.74) is 1.29. The van der Waals surface area contributed by atoms with E-state index in [9.17, 15) is 0 Å². The Morgan fingerprint density at radius 3 is 2.20 bits per heavy atom. The molecule has 86 valence electrons. The van der Waals surface area contributed by atoms with Crippen molar-refractivity contribution in [3.8, 4) is 0 Å². The summed E-state index contributed by atoms with van der Waals surface area (Å²) >= 11 is 0. The molecule has 3 aliphatic rings. The summed E-state index contributed by atoms with van der Waals surface area (Å²) in [7, 11) is 0. The van der Waals surface area contributed by atoms with E-state index in [0.717, 1.165) is 13.2 Å². The number of hydrogen-bond donors (Lipinski definition) is 1. The first-order valence-electron chi connectivity index (χ1n) is 6.66. The highest BCUT2D eigenvalue weighted by Crippen LogP contribution is 2.58. The second-order valence-electron chi connectivity index (χ2n) is 5.81. The van der Waals surface area contributed by atoms with E-state index in [-0.39, 0.29) is 0 Å². The minimum absolute atomic E-state index is 0.646. The van der Waals surface area contributed by atoms with E-state index in [2.05, 4.69) is 5.32 Å². The zero-order valence-electron chi connectivity index (χ0n) is 9.69. The Kier molecular flexibility index (Phi) is 2.52. The second kappa shape index (κ2) is 3.74. The first kappa shape index (κ1) is 10.1. The molecule has 1 N–H and O–H groups in total. The molecule has 0 aromatic heterocycles. The maximum absolute atomic E-state index is 5.58. The lowest BCUT2D eigenvalue weighted by atomic mass is 9.52. The van der Waals surface area contributed by atoms with E-state index in [1.54, 1.807) is 0 Å². The van der Waals surface area contributed by atoms with Gasteiger partial charge in [-0.2, -0.15) is 0 Å². The van der Waals surface area contributed by atoms with Gasteiger partial charge in [0.2, 0.25) is 0 Å². The van der Waals surface area contributed by atoms with Crippen molar-refractivity contribution in [2.75, 3.05) is 26.3 Å². The highest BCUT2D eigenvalue weighted by Gasteiger charge is 2.53. The molecule has 0 amide bonds. The van der Waals surface area contributed by atoms with Gasteiger partial charge in [-0.25, -0.2) is 0 Å². The molecule has 1 atom stereocenters. The standard InChI is InChI=1S/C13H23NO/c1-2-4-13(5-8-14-11-13)12(3-1)6-9-15-10-7-12/h14H,1-11H2. The molecule has 0 bridgehead atoms. The second-order valence-corrected chi connectivity index (χ2v) is 5.81. The van der Waals surface area contributed by atoms with Gasteiger partial charge in [0, 0.05) is 19.8 Å². The van der Waals surface area contributed by atoms with Gasteiger partial charge in [-0.3, -0.25) is 0 Å². The van der Waals surface area contributed by atoms with Crippen LogP contribution in [0.15, 0.2) is 0 Å². The van der Waals surface area contributed by atoms with Crippen molar-refractivity contribution in [1.82, 2.24) is 5.32 Å². The Balaban J connectivity index is 1.88. The predicted octanol–water partition coefficient (Wildman–Crippen LogP) is 2.34. The molecule has 3 rings (SSSR count). The highest BCUT2D eigenvalue weighted by atomic mass is 16.5. The summed E-state index contributed by atoms with van der Waals surface area (Å²) < 4.78 is 5.58. The van der Waals surface area contributed by atoms with Crippen molar-refractivity contribution >= 4 is 0 Å². The minimum Gasteiger partial charge on any atom is -0.381 e. The molecule has 1 saturated carbocycles. The van der Waals surface area contributed by atoms with Gasteiger partial charge in [-0.05, 0) is 49.5 Å². The lowest BCUT2D eigenvalue weighted by molar-refractivity contribution is -0.0863. The van der Waals surface area contributed by atoms with Crippen molar-refractivity contribution in [2.45, 2.75) is 44.9 Å². The van der Waals surface area contributed by atoms with Gasteiger partial charge in [-0.1, -0.05) is 12.8 Å². The van der Waals surface area contributed by atoms with Crippen LogP contribution < -0.4 is 5.32 Å². The normalized spacial score (nSPS) is 40.0. The van der Waals surface area contributed by atoms with Crippen LogP contribution in [0.3, 0.4) is 0 Å². The molecule has 1 aliphatic carbocycles. The fourth-order valence-corrected chi connectivity index (χ4v) is 4.41. The molecule has 2 heterocycles. The first-order chi connectivity index (χ1) is 7.37. The molecule has 2 saturated heterocycles. The molecule has 2 heteroatoms. The molecule has 15 heavy (non-hydrogen) atoms. The van der Waals surface area contributed by atoms with Crippen molar-refractivity contribution in [2.24, 2.45) is 10.8 Å². The van der Waals surface area contributed by atoms with Crippen LogP contribution in [0.4, 0.5) is 0 Å². The van der Waals surface area contributed by atoms with Gasteiger partial charge in [0.25, 0.3) is 0 Å². The van der Waals surface area contributed by atoms with Crippen LogP contribution in [0.5, 0.6) is 0 Å². The van der Waals surface area contributed by atoms with E-state index in [1.165, 1.54) is 58.0 Å². The van der Waals surface area contributed by atoms with Gasteiger partial charge in [-0.15, -0.1) is 0 Å². The van der Waals surface area contributed by atoms with Crippen LogP contribution >= 0.6 is 0 Å². The summed E-state index contributed by atoms with van der Waals surface area (Å²) in [6, 6.07) is 0. The van der Waals surface area contributed by atoms with Crippen molar-refractivity contribution in [3.05, 3.63) is 0 Å². The molecule has 0 aromatic rings. The maximum atomic E-state index is 5.58. The van der Waals surface area contributed by atoms with Gasteiger partial charge in [0.05, 0.1) is 0 Å². The van der Waals surface area contributed by atoms with Gasteiger partial charge in [0.15, 0.2) is 0 Å². The van der Waals surface area contributed by atoms with Crippen molar-refractivity contribution in [1.29, 1.82) is 0 Å². The number of fused-ring (bicyclic) bond motifs is 1. The fourth-order valence-electron chi connectivity index (χ4n) is 4.41. The molecule has 0 aromatic carbocycles. The van der Waals surface area contributed by atoms with E-state index in [1.807, 2.05) is 0 Å². The molecular weight excluding hydrogens is 186 g/mol. The molecule has 0 radical (unpaired) electrons. The topological polar surface area (TPSA) is 21.3 Å². The molecule has 2 nitrogen and oxygen atoms in total. The first-order valence-corrected chi connectivity index (χ1v) is 6.66. The Morgan fingerprint density at radius 1 is 0.800 bits per heavy atom. The van der Waals surface area contributed by atoms with Crippen LogP contribution in [0.1, 0.15) is 44.9 Å². The number of ether oxygens (including phenoxy) is 1. The highest BCUT2D eigenvalue weighted by molar-refractivity contribution is 5.05. The van der Waals surface area contributed by atoms with E-state index in [0.29, 0.717) is 10.8 Å². The van der Waals surface area contributed by atoms with E-state index < -0.39 is 0 Å². The van der Waals surface area contributed by atoms with Crippen LogP contribution in [0, 0.1) is 10.8 Å². The van der Waals surface area contributed by atoms with Crippen molar-refractivity contribution < 1.29 is 4.74 Å². The SMILES string of the molecule is C1CCC2(CCNC2)C2(C1)CCOCC2. The van der Waals surface area contributed by atoms with E-state index in [4.69, 9.17) is 4.74 Å². The third kappa shape index (κ3) is 1.45. The van der Waals surface area contributed by atoms with Gasteiger partial charge < -0.3 is 10.1 Å². The zero-order valence-corrected chi connectivity index (χ0v) is 9.69. The molecule has 3 fully saturated rings. The number of rotatable bonds is 0.